The van der Waals surface area contributed by atoms with E-state index in [0.29, 0.717) is 36.0 Å². The highest BCUT2D eigenvalue weighted by molar-refractivity contribution is 5.84. The van der Waals surface area contributed by atoms with Crippen LogP contribution in [0.15, 0.2) is 77.4 Å². The number of hydrogen-bond donors (Lipinski definition) is 0. The Balaban J connectivity index is 1.39. The molecule has 3 aromatic carbocycles. The fourth-order valence-electron chi connectivity index (χ4n) is 3.93. The van der Waals surface area contributed by atoms with Gasteiger partial charge in [-0.25, -0.2) is 0 Å². The maximum absolute atomic E-state index is 11.7. The third-order valence-electron chi connectivity index (χ3n) is 5.63. The number of carbonyl (C=O) groups is 1. The van der Waals surface area contributed by atoms with Crippen LogP contribution in [0.2, 0.25) is 0 Å². The Morgan fingerprint density at radius 3 is 2.69 bits per heavy atom. The molecule has 0 radical (unpaired) electrons. The second-order valence-corrected chi connectivity index (χ2v) is 7.86. The third kappa shape index (κ3) is 4.52. The van der Waals surface area contributed by atoms with E-state index in [1.807, 2.05) is 60.7 Å². The minimum absolute atomic E-state index is 0.247. The van der Waals surface area contributed by atoms with Crippen molar-refractivity contribution in [3.05, 3.63) is 78.5 Å². The zero-order valence-electron chi connectivity index (χ0n) is 19.0. The number of benzene rings is 3. The van der Waals surface area contributed by atoms with Gasteiger partial charge in [0.25, 0.3) is 5.89 Å². The first-order chi connectivity index (χ1) is 17.2. The molecule has 0 aliphatic heterocycles. The van der Waals surface area contributed by atoms with Crippen molar-refractivity contribution in [2.75, 3.05) is 6.61 Å². The van der Waals surface area contributed by atoms with E-state index in [1.165, 1.54) is 0 Å². The molecule has 0 spiro atoms. The molecule has 0 unspecified atom stereocenters. The van der Waals surface area contributed by atoms with E-state index in [4.69, 9.17) is 9.26 Å². The SMILES string of the molecule is CCOC(=O)CCn1ncc2cc(-c3noc(-c4ccc(-c5ccccc5)c(C#N)c4)n3)ccc21. The van der Waals surface area contributed by atoms with Crippen LogP contribution in [0.1, 0.15) is 18.9 Å². The average Bonchev–Trinajstić information content (AvgIpc) is 3.55. The lowest BCUT2D eigenvalue weighted by molar-refractivity contribution is -0.143. The number of carbonyl (C=O) groups excluding carboxylic acids is 1. The van der Waals surface area contributed by atoms with Gasteiger partial charge in [0, 0.05) is 16.5 Å². The first kappa shape index (κ1) is 22.0. The normalized spacial score (nSPS) is 10.9. The first-order valence-corrected chi connectivity index (χ1v) is 11.2. The van der Waals surface area contributed by atoms with E-state index in [9.17, 15) is 10.1 Å². The zero-order valence-corrected chi connectivity index (χ0v) is 19.0. The summed E-state index contributed by atoms with van der Waals surface area (Å²) < 4.78 is 12.3. The number of hydrogen-bond acceptors (Lipinski definition) is 7. The largest absolute Gasteiger partial charge is 0.466 e. The van der Waals surface area contributed by atoms with Crippen LogP contribution in [-0.2, 0) is 16.1 Å². The summed E-state index contributed by atoms with van der Waals surface area (Å²) in [6.07, 6.45) is 2.00. The zero-order chi connectivity index (χ0) is 24.2. The number of aryl methyl sites for hydroxylation is 1. The van der Waals surface area contributed by atoms with Gasteiger partial charge < -0.3 is 9.26 Å². The van der Waals surface area contributed by atoms with Crippen molar-refractivity contribution < 1.29 is 14.1 Å². The number of fused-ring (bicyclic) bond motifs is 1. The average molecular weight is 463 g/mol. The minimum Gasteiger partial charge on any atom is -0.466 e. The molecule has 0 aliphatic rings. The van der Waals surface area contributed by atoms with Crippen molar-refractivity contribution in [3.63, 3.8) is 0 Å². The molecule has 0 saturated heterocycles. The van der Waals surface area contributed by atoms with Crippen LogP contribution in [0.5, 0.6) is 0 Å². The Labute approximate surface area is 201 Å². The second kappa shape index (κ2) is 9.61. The molecule has 8 nitrogen and oxygen atoms in total. The van der Waals surface area contributed by atoms with E-state index in [0.717, 1.165) is 27.6 Å². The Morgan fingerprint density at radius 2 is 1.89 bits per heavy atom. The third-order valence-corrected chi connectivity index (χ3v) is 5.63. The molecule has 0 aliphatic carbocycles. The van der Waals surface area contributed by atoms with Crippen LogP contribution < -0.4 is 0 Å². The predicted octanol–water partition coefficient (Wildman–Crippen LogP) is 5.25. The van der Waals surface area contributed by atoms with E-state index in [-0.39, 0.29) is 12.4 Å². The molecular weight excluding hydrogens is 442 g/mol. The summed E-state index contributed by atoms with van der Waals surface area (Å²) in [6.45, 7) is 2.59. The van der Waals surface area contributed by atoms with Crippen molar-refractivity contribution >= 4 is 16.9 Å². The van der Waals surface area contributed by atoms with Crippen molar-refractivity contribution in [1.29, 1.82) is 5.26 Å². The van der Waals surface area contributed by atoms with Crippen LogP contribution in [0, 0.1) is 11.3 Å². The molecule has 0 N–H and O–H groups in total. The van der Waals surface area contributed by atoms with Gasteiger partial charge >= 0.3 is 5.97 Å². The van der Waals surface area contributed by atoms with E-state index < -0.39 is 0 Å². The quantitative estimate of drug-likeness (QED) is 0.304. The summed E-state index contributed by atoms with van der Waals surface area (Å²) in [7, 11) is 0. The van der Waals surface area contributed by atoms with Crippen molar-refractivity contribution in [2.45, 2.75) is 19.9 Å². The molecule has 2 heterocycles. The van der Waals surface area contributed by atoms with Gasteiger partial charge in [0.05, 0.1) is 42.9 Å². The monoisotopic (exact) mass is 463 g/mol. The van der Waals surface area contributed by atoms with Gasteiger partial charge in [-0.15, -0.1) is 0 Å². The molecule has 172 valence electrons. The van der Waals surface area contributed by atoms with Crippen LogP contribution in [0.25, 0.3) is 44.9 Å². The lowest BCUT2D eigenvalue weighted by Gasteiger charge is -2.05. The van der Waals surface area contributed by atoms with E-state index in [1.54, 1.807) is 23.9 Å². The molecule has 0 amide bonds. The van der Waals surface area contributed by atoms with Gasteiger partial charge in [-0.3, -0.25) is 9.48 Å². The number of ether oxygens (including phenoxy) is 1. The molecule has 0 atom stereocenters. The fourth-order valence-corrected chi connectivity index (χ4v) is 3.93. The Morgan fingerprint density at radius 1 is 1.06 bits per heavy atom. The van der Waals surface area contributed by atoms with E-state index >= 15 is 0 Å². The summed E-state index contributed by atoms with van der Waals surface area (Å²) >= 11 is 0. The number of rotatable bonds is 7. The van der Waals surface area contributed by atoms with Gasteiger partial charge in [-0.2, -0.15) is 15.3 Å². The Bertz CT molecular complexity index is 1550. The number of esters is 1. The maximum Gasteiger partial charge on any atom is 0.307 e. The number of aromatic nitrogens is 4. The molecular formula is C27H21N5O3. The summed E-state index contributed by atoms with van der Waals surface area (Å²) in [4.78, 5) is 16.2. The molecule has 2 aromatic heterocycles. The highest BCUT2D eigenvalue weighted by atomic mass is 16.5. The van der Waals surface area contributed by atoms with Gasteiger partial charge in [0.2, 0.25) is 5.82 Å². The fraction of sp³-hybridized carbons (Fsp3) is 0.148. The Kier molecular flexibility index (Phi) is 6.05. The molecule has 0 saturated carbocycles. The maximum atomic E-state index is 11.7. The summed E-state index contributed by atoms with van der Waals surface area (Å²) in [5.74, 6) is 0.525. The van der Waals surface area contributed by atoms with Crippen LogP contribution in [0.3, 0.4) is 0 Å². The lowest BCUT2D eigenvalue weighted by Crippen LogP contribution is -2.09. The van der Waals surface area contributed by atoms with Crippen molar-refractivity contribution in [1.82, 2.24) is 19.9 Å². The smallest absolute Gasteiger partial charge is 0.307 e. The standard InChI is InChI=1S/C27H21N5O3/c1-2-34-25(33)12-13-32-24-11-9-19(14-22(24)17-29-32)26-30-27(35-31-26)20-8-10-23(21(15-20)16-28)18-6-4-3-5-7-18/h3-11,14-15,17H,2,12-13H2,1H3. The number of nitrogens with zero attached hydrogens (tertiary/aromatic N) is 5. The Hall–Kier alpha value is -4.77. The van der Waals surface area contributed by atoms with Crippen LogP contribution in [0.4, 0.5) is 0 Å². The van der Waals surface area contributed by atoms with Crippen molar-refractivity contribution in [3.8, 4) is 40.0 Å². The predicted molar refractivity (Wildman–Crippen MR) is 130 cm³/mol. The highest BCUT2D eigenvalue weighted by Crippen LogP contribution is 2.30. The molecule has 5 rings (SSSR count). The van der Waals surface area contributed by atoms with Gasteiger partial charge in [0.15, 0.2) is 0 Å². The van der Waals surface area contributed by atoms with Gasteiger partial charge in [0.1, 0.15) is 0 Å². The molecule has 0 bridgehead atoms. The summed E-state index contributed by atoms with van der Waals surface area (Å²) in [5, 5.41) is 19.1. The molecule has 5 aromatic rings. The van der Waals surface area contributed by atoms with Gasteiger partial charge in [-0.1, -0.05) is 41.6 Å². The van der Waals surface area contributed by atoms with Crippen LogP contribution >= 0.6 is 0 Å². The minimum atomic E-state index is -0.247. The molecule has 35 heavy (non-hydrogen) atoms. The number of nitriles is 1. The highest BCUT2D eigenvalue weighted by Gasteiger charge is 2.15. The molecule has 8 heteroatoms. The van der Waals surface area contributed by atoms with Gasteiger partial charge in [-0.05, 0) is 48.4 Å². The second-order valence-electron chi connectivity index (χ2n) is 7.86. The summed E-state index contributed by atoms with van der Waals surface area (Å²) in [5.41, 5.74) is 4.70. The lowest BCUT2D eigenvalue weighted by atomic mass is 9.98. The van der Waals surface area contributed by atoms with E-state index in [2.05, 4.69) is 21.3 Å². The van der Waals surface area contributed by atoms with Crippen molar-refractivity contribution in [2.24, 2.45) is 0 Å². The topological polar surface area (TPSA) is 107 Å². The summed E-state index contributed by atoms with van der Waals surface area (Å²) in [6, 6.07) is 23.3. The molecule has 0 fully saturated rings. The first-order valence-electron chi connectivity index (χ1n) is 11.2. The van der Waals surface area contributed by atoms with Crippen LogP contribution in [-0.4, -0.2) is 32.5 Å².